The van der Waals surface area contributed by atoms with Gasteiger partial charge in [0, 0.05) is 33.5 Å². The monoisotopic (exact) mass is 770 g/mol. The summed E-state index contributed by atoms with van der Waals surface area (Å²) in [7, 11) is 0. The van der Waals surface area contributed by atoms with E-state index < -0.39 is 0 Å². The average molecular weight is 771 g/mol. The van der Waals surface area contributed by atoms with Crippen molar-refractivity contribution in [1.29, 1.82) is 0 Å². The third kappa shape index (κ3) is 6.55. The lowest BCUT2D eigenvalue weighted by molar-refractivity contribution is 0.443. The van der Waals surface area contributed by atoms with Crippen LogP contribution in [0.1, 0.15) is 43.6 Å². The number of para-hydroxylation sites is 2. The molecule has 1 heterocycles. The fourth-order valence-corrected chi connectivity index (χ4v) is 9.82. The lowest BCUT2D eigenvalue weighted by atomic mass is 9.84. The predicted octanol–water partition coefficient (Wildman–Crippen LogP) is 16.5. The van der Waals surface area contributed by atoms with Gasteiger partial charge in [0.05, 0.1) is 11.0 Å². The molecule has 0 atom stereocenters. The molecule has 0 N–H and O–H groups in total. The molecule has 0 amide bonds. The molecule has 1 aliphatic carbocycles. The summed E-state index contributed by atoms with van der Waals surface area (Å²) in [5.74, 6) is 0.708. The largest absolute Gasteiger partial charge is 0.310 e. The van der Waals surface area contributed by atoms with E-state index in [1.54, 1.807) is 0 Å². The molecule has 2 nitrogen and oxygen atoms in total. The summed E-state index contributed by atoms with van der Waals surface area (Å²) < 4.78 is 2.40. The van der Waals surface area contributed by atoms with Crippen molar-refractivity contribution < 1.29 is 0 Å². The van der Waals surface area contributed by atoms with E-state index in [9.17, 15) is 0 Å². The van der Waals surface area contributed by atoms with Gasteiger partial charge in [-0.05, 0) is 123 Å². The zero-order valence-corrected chi connectivity index (χ0v) is 33.7. The SMILES string of the molecule is c1ccc(-c2cccc3cccc(-c4ccc(N(c5ccc(-c6ccc(C7CCCCC7)cc6)cc5)c5ccc6c7ccccc7n(-c7ccccc7)c6c5)cc4)c23)cc1. The minimum absolute atomic E-state index is 0.708. The third-order valence-corrected chi connectivity index (χ3v) is 12.8. The standard InChI is InChI=1S/C58H46N2/c1-4-14-41(15-5-1)42-26-28-43(29-27-42)44-30-34-49(35-31-44)59(51-38-39-55-54-22-10-11-25-56(54)60(57(55)40-51)48-20-8-3-9-21-48)50-36-32-46(33-37-50)53-24-13-19-47-18-12-23-52(58(47)53)45-16-6-2-7-17-45/h2-3,6-13,16-41H,1,4-5,14-15H2. The molecule has 1 aromatic heterocycles. The van der Waals surface area contributed by atoms with Crippen LogP contribution in [0.15, 0.2) is 212 Å². The number of anilines is 3. The summed E-state index contributed by atoms with van der Waals surface area (Å²) in [5, 5.41) is 5.01. The molecule has 1 aliphatic rings. The van der Waals surface area contributed by atoms with Crippen LogP contribution in [0.2, 0.25) is 0 Å². The van der Waals surface area contributed by atoms with Crippen LogP contribution < -0.4 is 4.90 Å². The Labute approximate surface area is 352 Å². The molecule has 0 radical (unpaired) electrons. The molecule has 60 heavy (non-hydrogen) atoms. The second-order valence-corrected chi connectivity index (χ2v) is 16.4. The highest BCUT2D eigenvalue weighted by Crippen LogP contribution is 2.42. The van der Waals surface area contributed by atoms with Gasteiger partial charge >= 0.3 is 0 Å². The average Bonchev–Trinajstić information content (AvgIpc) is 3.66. The second kappa shape index (κ2) is 15.5. The van der Waals surface area contributed by atoms with Gasteiger partial charge in [-0.1, -0.05) is 177 Å². The van der Waals surface area contributed by atoms with E-state index in [4.69, 9.17) is 0 Å². The Morgan fingerprint density at radius 3 is 1.58 bits per heavy atom. The molecule has 10 aromatic rings. The van der Waals surface area contributed by atoms with E-state index in [0.717, 1.165) is 22.7 Å². The number of hydrogen-bond donors (Lipinski definition) is 0. The van der Waals surface area contributed by atoms with E-state index in [1.165, 1.54) is 104 Å². The van der Waals surface area contributed by atoms with Gasteiger partial charge in [-0.2, -0.15) is 0 Å². The van der Waals surface area contributed by atoms with E-state index in [0.29, 0.717) is 5.92 Å². The van der Waals surface area contributed by atoms with Crippen molar-refractivity contribution in [3.8, 4) is 39.1 Å². The lowest BCUT2D eigenvalue weighted by Crippen LogP contribution is -2.10. The summed E-state index contributed by atoms with van der Waals surface area (Å²) in [6.07, 6.45) is 6.73. The first-order chi connectivity index (χ1) is 29.8. The van der Waals surface area contributed by atoms with Gasteiger partial charge < -0.3 is 9.47 Å². The number of nitrogens with zero attached hydrogens (tertiary/aromatic N) is 2. The van der Waals surface area contributed by atoms with Gasteiger partial charge in [-0.15, -0.1) is 0 Å². The normalized spacial score (nSPS) is 13.3. The quantitative estimate of drug-likeness (QED) is 0.149. The Morgan fingerprint density at radius 1 is 0.383 bits per heavy atom. The summed E-state index contributed by atoms with van der Waals surface area (Å²) >= 11 is 0. The van der Waals surface area contributed by atoms with E-state index in [2.05, 4.69) is 222 Å². The minimum atomic E-state index is 0.708. The summed E-state index contributed by atoms with van der Waals surface area (Å²) in [6.45, 7) is 0. The van der Waals surface area contributed by atoms with Gasteiger partial charge in [-0.25, -0.2) is 0 Å². The molecule has 11 rings (SSSR count). The van der Waals surface area contributed by atoms with Gasteiger partial charge in [-0.3, -0.25) is 0 Å². The topological polar surface area (TPSA) is 8.17 Å². The first kappa shape index (κ1) is 36.0. The van der Waals surface area contributed by atoms with Crippen LogP contribution in [0.25, 0.3) is 71.6 Å². The number of hydrogen-bond acceptors (Lipinski definition) is 1. The molecule has 1 fully saturated rings. The number of rotatable bonds is 8. The van der Waals surface area contributed by atoms with E-state index in [-0.39, 0.29) is 0 Å². The maximum absolute atomic E-state index is 2.41. The highest BCUT2D eigenvalue weighted by atomic mass is 15.1. The van der Waals surface area contributed by atoms with Crippen molar-refractivity contribution in [3.63, 3.8) is 0 Å². The molecule has 0 aliphatic heterocycles. The summed E-state index contributed by atoms with van der Waals surface area (Å²) in [5.41, 5.74) is 15.8. The lowest BCUT2D eigenvalue weighted by Gasteiger charge is -2.26. The maximum atomic E-state index is 2.41. The smallest absolute Gasteiger partial charge is 0.0561 e. The van der Waals surface area contributed by atoms with Crippen LogP contribution in [0.4, 0.5) is 17.1 Å². The Hall–Kier alpha value is -7.16. The highest BCUT2D eigenvalue weighted by Gasteiger charge is 2.19. The van der Waals surface area contributed by atoms with Crippen LogP contribution in [-0.2, 0) is 0 Å². The van der Waals surface area contributed by atoms with Gasteiger partial charge in [0.1, 0.15) is 0 Å². The maximum Gasteiger partial charge on any atom is 0.0561 e. The van der Waals surface area contributed by atoms with Crippen molar-refractivity contribution >= 4 is 49.6 Å². The molecule has 1 saturated carbocycles. The first-order valence-electron chi connectivity index (χ1n) is 21.5. The van der Waals surface area contributed by atoms with E-state index in [1.807, 2.05) is 0 Å². The predicted molar refractivity (Wildman–Crippen MR) is 255 cm³/mol. The summed E-state index contributed by atoms with van der Waals surface area (Å²) in [6, 6.07) is 78.2. The molecule has 0 bridgehead atoms. The number of benzene rings is 9. The summed E-state index contributed by atoms with van der Waals surface area (Å²) in [4.78, 5) is 2.41. The minimum Gasteiger partial charge on any atom is -0.310 e. The first-order valence-corrected chi connectivity index (χ1v) is 21.5. The molecule has 2 heteroatoms. The Balaban J connectivity index is 1.03. The van der Waals surface area contributed by atoms with Crippen molar-refractivity contribution in [3.05, 3.63) is 218 Å². The fraction of sp³-hybridized carbons (Fsp3) is 0.103. The van der Waals surface area contributed by atoms with Gasteiger partial charge in [0.25, 0.3) is 0 Å². The van der Waals surface area contributed by atoms with Gasteiger partial charge in [0.15, 0.2) is 0 Å². The molecule has 0 saturated heterocycles. The number of fused-ring (bicyclic) bond motifs is 4. The van der Waals surface area contributed by atoms with Crippen molar-refractivity contribution in [2.45, 2.75) is 38.0 Å². The Kier molecular flexibility index (Phi) is 9.32. The van der Waals surface area contributed by atoms with Crippen molar-refractivity contribution in [2.75, 3.05) is 4.90 Å². The molecule has 0 unspecified atom stereocenters. The van der Waals surface area contributed by atoms with Crippen LogP contribution in [0.5, 0.6) is 0 Å². The Morgan fingerprint density at radius 2 is 0.917 bits per heavy atom. The molecule has 9 aromatic carbocycles. The van der Waals surface area contributed by atoms with Crippen LogP contribution in [-0.4, -0.2) is 4.57 Å². The van der Waals surface area contributed by atoms with Crippen LogP contribution >= 0.6 is 0 Å². The van der Waals surface area contributed by atoms with Crippen molar-refractivity contribution in [2.24, 2.45) is 0 Å². The Bertz CT molecular complexity index is 3080. The van der Waals surface area contributed by atoms with Gasteiger partial charge in [0.2, 0.25) is 0 Å². The number of aromatic nitrogens is 1. The zero-order chi connectivity index (χ0) is 39.8. The fourth-order valence-electron chi connectivity index (χ4n) is 9.82. The third-order valence-electron chi connectivity index (χ3n) is 12.8. The molecule has 0 spiro atoms. The highest BCUT2D eigenvalue weighted by molar-refractivity contribution is 6.10. The van der Waals surface area contributed by atoms with E-state index >= 15 is 0 Å². The van der Waals surface area contributed by atoms with Crippen molar-refractivity contribution in [1.82, 2.24) is 4.57 Å². The molecule has 288 valence electrons. The molecular weight excluding hydrogens is 725 g/mol. The second-order valence-electron chi connectivity index (χ2n) is 16.4. The van der Waals surface area contributed by atoms with Crippen LogP contribution in [0, 0.1) is 0 Å². The van der Waals surface area contributed by atoms with Crippen LogP contribution in [0.3, 0.4) is 0 Å². The zero-order valence-electron chi connectivity index (χ0n) is 33.7. The molecular formula is C58H46N2.